The Morgan fingerprint density at radius 1 is 1.10 bits per heavy atom. The van der Waals surface area contributed by atoms with Crippen LogP contribution in [0.4, 0.5) is 11.9 Å². The van der Waals surface area contributed by atoms with Gasteiger partial charge in [-0.2, -0.15) is 4.98 Å². The van der Waals surface area contributed by atoms with E-state index in [4.69, 9.17) is 11.6 Å². The van der Waals surface area contributed by atoms with E-state index < -0.39 is 11.9 Å². The summed E-state index contributed by atoms with van der Waals surface area (Å²) >= 11 is 6.01. The molecule has 0 fully saturated rings. The quantitative estimate of drug-likeness (QED) is 0.631. The monoisotopic (exact) mass is 422 g/mol. The largest absolute Gasteiger partial charge is 0.550 e. The average molecular weight is 423 g/mol. The third-order valence-electron chi connectivity index (χ3n) is 4.57. The minimum atomic E-state index is -1.29. The molecule has 8 nitrogen and oxygen atoms in total. The molecule has 0 saturated heterocycles. The van der Waals surface area contributed by atoms with E-state index in [2.05, 4.69) is 20.7 Å². The Labute approximate surface area is 177 Å². The van der Waals surface area contributed by atoms with Crippen LogP contribution in [-0.4, -0.2) is 26.6 Å². The van der Waals surface area contributed by atoms with E-state index in [-0.39, 0.29) is 24.8 Å². The van der Waals surface area contributed by atoms with Crippen molar-refractivity contribution in [2.75, 3.05) is 10.6 Å². The molecule has 0 bridgehead atoms. The van der Waals surface area contributed by atoms with Crippen molar-refractivity contribution in [1.29, 1.82) is 0 Å². The van der Waals surface area contributed by atoms with Crippen molar-refractivity contribution in [3.05, 3.63) is 76.8 Å². The lowest BCUT2D eigenvalue weighted by molar-refractivity contribution is -0.305. The van der Waals surface area contributed by atoms with Crippen molar-refractivity contribution in [2.24, 2.45) is 0 Å². The molecule has 2 N–H and O–H groups in total. The van der Waals surface area contributed by atoms with E-state index in [1.54, 1.807) is 16.8 Å². The van der Waals surface area contributed by atoms with Gasteiger partial charge in [0, 0.05) is 23.1 Å². The highest BCUT2D eigenvalue weighted by Crippen LogP contribution is 2.33. The Hall–Kier alpha value is -3.65. The van der Waals surface area contributed by atoms with Crippen molar-refractivity contribution in [1.82, 2.24) is 14.8 Å². The lowest BCUT2D eigenvalue weighted by Gasteiger charge is -2.24. The van der Waals surface area contributed by atoms with Gasteiger partial charge in [-0.3, -0.25) is 10.1 Å². The first-order valence-electron chi connectivity index (χ1n) is 9.25. The normalized spacial score (nSPS) is 15.0. The van der Waals surface area contributed by atoms with Gasteiger partial charge < -0.3 is 15.2 Å². The van der Waals surface area contributed by atoms with E-state index in [9.17, 15) is 14.7 Å². The fourth-order valence-electron chi connectivity index (χ4n) is 3.13. The molecule has 1 atom stereocenters. The average Bonchev–Trinajstić information content (AvgIpc) is 3.15. The lowest BCUT2D eigenvalue weighted by atomic mass is 10.0. The highest BCUT2D eigenvalue weighted by Gasteiger charge is 2.25. The Kier molecular flexibility index (Phi) is 5.49. The number of fused-ring (bicyclic) bond motifs is 1. The van der Waals surface area contributed by atoms with Crippen molar-refractivity contribution in [2.45, 2.75) is 18.9 Å². The Balaban J connectivity index is 1.66. The van der Waals surface area contributed by atoms with E-state index in [0.29, 0.717) is 11.0 Å². The van der Waals surface area contributed by atoms with Crippen LogP contribution in [0.3, 0.4) is 0 Å². The summed E-state index contributed by atoms with van der Waals surface area (Å²) in [5.41, 5.74) is 2.75. The van der Waals surface area contributed by atoms with Gasteiger partial charge in [0.15, 0.2) is 0 Å². The summed E-state index contributed by atoms with van der Waals surface area (Å²) in [6, 6.07) is 16.9. The number of hydrogen-bond acceptors (Lipinski definition) is 6. The van der Waals surface area contributed by atoms with Crippen LogP contribution in [0, 0.1) is 0 Å². The number of aliphatic carboxylic acids is 1. The van der Waals surface area contributed by atoms with Crippen LogP contribution in [0.2, 0.25) is 5.02 Å². The fraction of sp³-hybridized carbons (Fsp3) is 0.143. The van der Waals surface area contributed by atoms with Crippen molar-refractivity contribution in [3.63, 3.8) is 0 Å². The first-order chi connectivity index (χ1) is 14.5. The number of allylic oxidation sites excluding steroid dienone is 1. The molecular weight excluding hydrogens is 406 g/mol. The van der Waals surface area contributed by atoms with E-state index >= 15 is 0 Å². The predicted molar refractivity (Wildman–Crippen MR) is 111 cm³/mol. The molecule has 0 unspecified atom stereocenters. The van der Waals surface area contributed by atoms with E-state index in [0.717, 1.165) is 16.8 Å². The second-order valence-corrected chi connectivity index (χ2v) is 7.13. The van der Waals surface area contributed by atoms with Gasteiger partial charge in [0.25, 0.3) is 5.95 Å². The van der Waals surface area contributed by atoms with Crippen molar-refractivity contribution in [3.8, 4) is 0 Å². The molecule has 0 saturated carbocycles. The zero-order valence-electron chi connectivity index (χ0n) is 15.7. The molecule has 1 aliphatic rings. The van der Waals surface area contributed by atoms with Crippen LogP contribution in [0.1, 0.15) is 30.0 Å². The summed E-state index contributed by atoms with van der Waals surface area (Å²) in [7, 11) is 0. The highest BCUT2D eigenvalue weighted by atomic mass is 35.5. The molecule has 4 rings (SSSR count). The number of rotatable bonds is 6. The maximum absolute atomic E-state index is 12.0. The predicted octanol–water partition coefficient (Wildman–Crippen LogP) is 2.46. The summed E-state index contributed by atoms with van der Waals surface area (Å²) in [4.78, 5) is 26.9. The molecule has 1 aromatic heterocycles. The van der Waals surface area contributed by atoms with Crippen LogP contribution in [0.5, 0.6) is 0 Å². The molecule has 30 heavy (non-hydrogen) atoms. The molecular formula is C21H17ClN5O3-. The number of carboxylic acid groups (broad SMARTS) is 1. The van der Waals surface area contributed by atoms with Gasteiger partial charge in [-0.05, 0) is 35.8 Å². The van der Waals surface area contributed by atoms with Gasteiger partial charge in [0.1, 0.15) is 6.04 Å². The van der Waals surface area contributed by atoms with Gasteiger partial charge in [-0.15, -0.1) is 5.10 Å². The van der Waals surface area contributed by atoms with Gasteiger partial charge in [0.2, 0.25) is 11.9 Å². The topological polar surface area (TPSA) is 112 Å². The second-order valence-electron chi connectivity index (χ2n) is 6.69. The fourth-order valence-corrected chi connectivity index (χ4v) is 3.26. The number of carbonyl (C=O) groups is 2. The number of anilines is 2. The Bertz CT molecular complexity index is 1110. The number of carbonyl (C=O) groups excluding carboxylic acids is 2. The number of halogens is 1. The first-order valence-corrected chi connectivity index (χ1v) is 9.63. The van der Waals surface area contributed by atoms with Crippen molar-refractivity contribution < 1.29 is 14.7 Å². The minimum absolute atomic E-state index is 0.0903. The molecule has 0 radical (unpaired) electrons. The number of carboxylic acids is 1. The smallest absolute Gasteiger partial charge is 0.250 e. The molecule has 1 amide bonds. The highest BCUT2D eigenvalue weighted by molar-refractivity contribution is 6.30. The second kappa shape index (κ2) is 8.38. The Morgan fingerprint density at radius 3 is 2.53 bits per heavy atom. The van der Waals surface area contributed by atoms with Gasteiger partial charge >= 0.3 is 0 Å². The van der Waals surface area contributed by atoms with Crippen LogP contribution >= 0.6 is 11.6 Å². The first kappa shape index (κ1) is 19.7. The van der Waals surface area contributed by atoms with Crippen LogP contribution in [0.25, 0.3) is 5.70 Å². The zero-order chi connectivity index (χ0) is 21.1. The molecule has 152 valence electrons. The van der Waals surface area contributed by atoms with Crippen molar-refractivity contribution >= 4 is 41.1 Å². The minimum Gasteiger partial charge on any atom is -0.550 e. The van der Waals surface area contributed by atoms with Crippen LogP contribution in [-0.2, 0) is 9.59 Å². The third kappa shape index (κ3) is 4.33. The SMILES string of the molecule is O=C([O-])CCC(=O)Nc1nc2n(n1)[C@H](c1ccccc1)C=C(c1ccc(Cl)cc1)N2. The maximum Gasteiger partial charge on any atom is 0.250 e. The zero-order valence-corrected chi connectivity index (χ0v) is 16.5. The summed E-state index contributed by atoms with van der Waals surface area (Å²) in [5.74, 6) is -1.24. The molecule has 2 heterocycles. The number of nitrogens with one attached hydrogen (secondary N) is 2. The number of benzene rings is 2. The van der Waals surface area contributed by atoms with E-state index in [1.807, 2.05) is 48.5 Å². The van der Waals surface area contributed by atoms with E-state index in [1.165, 1.54) is 0 Å². The van der Waals surface area contributed by atoms with Crippen LogP contribution in [0.15, 0.2) is 60.7 Å². The Morgan fingerprint density at radius 2 is 1.83 bits per heavy atom. The molecule has 3 aromatic rings. The number of hydrogen-bond donors (Lipinski definition) is 2. The summed E-state index contributed by atoms with van der Waals surface area (Å²) < 4.78 is 1.67. The number of aromatic nitrogens is 3. The molecule has 0 aliphatic carbocycles. The molecule has 1 aliphatic heterocycles. The summed E-state index contributed by atoms with van der Waals surface area (Å²) in [6.45, 7) is 0. The standard InChI is InChI=1S/C21H18ClN5O3/c22-15-8-6-13(7-9-15)16-12-17(14-4-2-1-3-5-14)27-21(23-16)25-20(26-27)24-18(28)10-11-19(29)30/h1-9,12,17H,10-11H2,(H,29,30)(H2,23,24,25,26,28)/p-1/t17-/m0/s1. The number of nitrogens with zero attached hydrogens (tertiary/aromatic N) is 3. The summed E-state index contributed by atoms with van der Waals surface area (Å²) in [5, 5.41) is 21.4. The van der Waals surface area contributed by atoms with Gasteiger partial charge in [-0.1, -0.05) is 54.1 Å². The van der Waals surface area contributed by atoms with Crippen LogP contribution < -0.4 is 15.7 Å². The maximum atomic E-state index is 12.0. The molecule has 0 spiro atoms. The van der Waals surface area contributed by atoms with Gasteiger partial charge in [-0.25, -0.2) is 4.68 Å². The number of amides is 1. The lowest BCUT2D eigenvalue weighted by Crippen LogP contribution is -2.24. The van der Waals surface area contributed by atoms with Gasteiger partial charge in [0.05, 0.1) is 0 Å². The summed E-state index contributed by atoms with van der Waals surface area (Å²) in [6.07, 6.45) is 1.44. The third-order valence-corrected chi connectivity index (χ3v) is 4.82. The molecule has 9 heteroatoms. The molecule has 2 aromatic carbocycles.